The normalized spacial score (nSPS) is 19.8. The predicted molar refractivity (Wildman–Crippen MR) is 103 cm³/mol. The Hall–Kier alpha value is -2.12. The number of hydrogen-bond donors (Lipinski definition) is 2. The number of benzene rings is 1. The largest absolute Gasteiger partial charge is 0.493 e. The predicted octanol–water partition coefficient (Wildman–Crippen LogP) is 3.01. The maximum absolute atomic E-state index is 12.7. The molecule has 3 rings (SSSR count). The molecule has 2 atom stereocenters. The lowest BCUT2D eigenvalue weighted by molar-refractivity contribution is 0.0929. The number of ether oxygens (including phenoxy) is 2. The summed E-state index contributed by atoms with van der Waals surface area (Å²) in [4.78, 5) is 18.0. The summed E-state index contributed by atoms with van der Waals surface area (Å²) in [6.45, 7) is 4.96. The van der Waals surface area contributed by atoms with Crippen LogP contribution in [-0.2, 0) is 0 Å². The fraction of sp³-hybridized carbons (Fsp3) is 0.474. The Balaban J connectivity index is 1.79. The number of aryl methyl sites for hydroxylation is 1. The molecule has 2 heterocycles. The minimum absolute atomic E-state index is 0.0363. The van der Waals surface area contributed by atoms with Crippen LogP contribution in [0.2, 0.25) is 0 Å². The van der Waals surface area contributed by atoms with Crippen molar-refractivity contribution in [2.75, 3.05) is 20.8 Å². The maximum Gasteiger partial charge on any atom is 0.263 e. The summed E-state index contributed by atoms with van der Waals surface area (Å²) >= 11 is 1.41. The van der Waals surface area contributed by atoms with E-state index in [1.165, 1.54) is 11.3 Å². The van der Waals surface area contributed by atoms with Gasteiger partial charge in [-0.2, -0.15) is 0 Å². The number of nitrogens with zero attached hydrogens (tertiary/aromatic N) is 1. The van der Waals surface area contributed by atoms with Gasteiger partial charge in [0, 0.05) is 17.6 Å². The Bertz CT molecular complexity index is 790. The highest BCUT2D eigenvalue weighted by Crippen LogP contribution is 2.35. The van der Waals surface area contributed by atoms with E-state index in [1.807, 2.05) is 25.1 Å². The third-order valence-corrected chi connectivity index (χ3v) is 5.80. The third kappa shape index (κ3) is 3.99. The van der Waals surface area contributed by atoms with Crippen LogP contribution >= 0.6 is 11.3 Å². The van der Waals surface area contributed by atoms with Crippen LogP contribution in [0.4, 0.5) is 0 Å². The van der Waals surface area contributed by atoms with Crippen LogP contribution < -0.4 is 20.1 Å². The molecular formula is C19H25N3O3S. The average molecular weight is 375 g/mol. The van der Waals surface area contributed by atoms with E-state index >= 15 is 0 Å². The van der Waals surface area contributed by atoms with Crippen LogP contribution in [0.3, 0.4) is 0 Å². The zero-order valence-electron chi connectivity index (χ0n) is 15.6. The molecule has 0 spiro atoms. The monoisotopic (exact) mass is 375 g/mol. The van der Waals surface area contributed by atoms with Gasteiger partial charge < -0.3 is 20.1 Å². The molecule has 1 aromatic carbocycles. The van der Waals surface area contributed by atoms with E-state index in [9.17, 15) is 4.79 Å². The molecule has 6 nitrogen and oxygen atoms in total. The standard InChI is InChI=1S/C19H25N3O3S/c1-11-9-14(7-8-20-11)22-18(23)17-12(2)21-19(26-17)13-5-6-15(24-3)16(10-13)25-4/h5-6,10-11,14,20H,7-9H2,1-4H3,(H,22,23). The summed E-state index contributed by atoms with van der Waals surface area (Å²) < 4.78 is 10.6. The lowest BCUT2D eigenvalue weighted by Gasteiger charge is -2.28. The van der Waals surface area contributed by atoms with Gasteiger partial charge in [0.25, 0.3) is 5.91 Å². The molecule has 1 aliphatic heterocycles. The van der Waals surface area contributed by atoms with Crippen molar-refractivity contribution in [3.8, 4) is 22.1 Å². The number of hydrogen-bond acceptors (Lipinski definition) is 6. The molecule has 140 valence electrons. The number of thiazole rings is 1. The van der Waals surface area contributed by atoms with Crippen LogP contribution in [-0.4, -0.2) is 43.7 Å². The van der Waals surface area contributed by atoms with Crippen molar-refractivity contribution in [1.82, 2.24) is 15.6 Å². The molecular weight excluding hydrogens is 350 g/mol. The summed E-state index contributed by atoms with van der Waals surface area (Å²) in [5.74, 6) is 1.28. The van der Waals surface area contributed by atoms with E-state index in [-0.39, 0.29) is 11.9 Å². The highest BCUT2D eigenvalue weighted by Gasteiger charge is 2.23. The highest BCUT2D eigenvalue weighted by atomic mass is 32.1. The van der Waals surface area contributed by atoms with Crippen LogP contribution in [0, 0.1) is 6.92 Å². The molecule has 26 heavy (non-hydrogen) atoms. The SMILES string of the molecule is COc1ccc(-c2nc(C)c(C(=O)NC3CCNC(C)C3)s2)cc1OC. The minimum Gasteiger partial charge on any atom is -0.493 e. The number of methoxy groups -OCH3 is 2. The number of nitrogens with one attached hydrogen (secondary N) is 2. The first kappa shape index (κ1) is 18.7. The number of aromatic nitrogens is 1. The number of rotatable bonds is 5. The highest BCUT2D eigenvalue weighted by molar-refractivity contribution is 7.17. The molecule has 1 amide bonds. The summed E-state index contributed by atoms with van der Waals surface area (Å²) in [5.41, 5.74) is 1.66. The van der Waals surface area contributed by atoms with E-state index in [2.05, 4.69) is 22.5 Å². The van der Waals surface area contributed by atoms with Gasteiger partial charge in [0.15, 0.2) is 11.5 Å². The molecule has 2 unspecified atom stereocenters. The lowest BCUT2D eigenvalue weighted by Crippen LogP contribution is -2.46. The molecule has 1 saturated heterocycles. The zero-order chi connectivity index (χ0) is 18.7. The molecule has 0 bridgehead atoms. The molecule has 1 aromatic heterocycles. The van der Waals surface area contributed by atoms with Gasteiger partial charge in [-0.1, -0.05) is 0 Å². The Morgan fingerprint density at radius 1 is 1.31 bits per heavy atom. The Morgan fingerprint density at radius 3 is 2.77 bits per heavy atom. The van der Waals surface area contributed by atoms with E-state index < -0.39 is 0 Å². The van der Waals surface area contributed by atoms with Gasteiger partial charge in [0.1, 0.15) is 9.88 Å². The van der Waals surface area contributed by atoms with Gasteiger partial charge >= 0.3 is 0 Å². The maximum atomic E-state index is 12.7. The van der Waals surface area contributed by atoms with Crippen molar-refractivity contribution < 1.29 is 14.3 Å². The van der Waals surface area contributed by atoms with E-state index in [0.29, 0.717) is 22.4 Å². The fourth-order valence-corrected chi connectivity index (χ4v) is 4.18. The molecule has 2 aromatic rings. The second-order valence-electron chi connectivity index (χ2n) is 6.55. The molecule has 7 heteroatoms. The van der Waals surface area contributed by atoms with Crippen molar-refractivity contribution in [2.24, 2.45) is 0 Å². The third-order valence-electron chi connectivity index (χ3n) is 4.59. The second-order valence-corrected chi connectivity index (χ2v) is 7.55. The summed E-state index contributed by atoms with van der Waals surface area (Å²) in [5, 5.41) is 7.36. The Morgan fingerprint density at radius 2 is 2.08 bits per heavy atom. The van der Waals surface area contributed by atoms with Crippen LogP contribution in [0.5, 0.6) is 11.5 Å². The van der Waals surface area contributed by atoms with Gasteiger partial charge in [-0.15, -0.1) is 11.3 Å². The number of piperidine rings is 1. The molecule has 0 saturated carbocycles. The zero-order valence-corrected chi connectivity index (χ0v) is 16.4. The first-order valence-electron chi connectivity index (χ1n) is 8.76. The molecule has 0 radical (unpaired) electrons. The molecule has 2 N–H and O–H groups in total. The van der Waals surface area contributed by atoms with E-state index in [0.717, 1.165) is 35.7 Å². The van der Waals surface area contributed by atoms with Gasteiger partial charge in [-0.05, 0) is 51.4 Å². The first-order chi connectivity index (χ1) is 12.5. The molecule has 0 aliphatic carbocycles. The summed E-state index contributed by atoms with van der Waals surface area (Å²) in [6, 6.07) is 6.30. The van der Waals surface area contributed by atoms with Crippen LogP contribution in [0.25, 0.3) is 10.6 Å². The van der Waals surface area contributed by atoms with Crippen molar-refractivity contribution in [1.29, 1.82) is 0 Å². The Labute approximate surface area is 157 Å². The van der Waals surface area contributed by atoms with Crippen LogP contribution in [0.1, 0.15) is 35.1 Å². The first-order valence-corrected chi connectivity index (χ1v) is 9.57. The van der Waals surface area contributed by atoms with Crippen LogP contribution in [0.15, 0.2) is 18.2 Å². The van der Waals surface area contributed by atoms with Crippen molar-refractivity contribution in [3.05, 3.63) is 28.8 Å². The van der Waals surface area contributed by atoms with Gasteiger partial charge in [0.05, 0.1) is 19.9 Å². The Kier molecular flexibility index (Phi) is 5.78. The second kappa shape index (κ2) is 8.05. The quantitative estimate of drug-likeness (QED) is 0.840. The number of carbonyl (C=O) groups excluding carboxylic acids is 1. The van der Waals surface area contributed by atoms with Gasteiger partial charge in [-0.3, -0.25) is 4.79 Å². The summed E-state index contributed by atoms with van der Waals surface area (Å²) in [7, 11) is 3.21. The lowest BCUT2D eigenvalue weighted by atomic mass is 10.0. The van der Waals surface area contributed by atoms with Crippen molar-refractivity contribution >= 4 is 17.2 Å². The van der Waals surface area contributed by atoms with Crippen molar-refractivity contribution in [2.45, 2.75) is 38.8 Å². The number of carbonyl (C=O) groups is 1. The number of amides is 1. The summed E-state index contributed by atoms with van der Waals surface area (Å²) in [6.07, 6.45) is 1.91. The topological polar surface area (TPSA) is 72.5 Å². The smallest absolute Gasteiger partial charge is 0.263 e. The van der Waals surface area contributed by atoms with Gasteiger partial charge in [-0.25, -0.2) is 4.98 Å². The fourth-order valence-electron chi connectivity index (χ4n) is 3.21. The molecule has 1 aliphatic rings. The molecule has 1 fully saturated rings. The van der Waals surface area contributed by atoms with E-state index in [1.54, 1.807) is 14.2 Å². The minimum atomic E-state index is -0.0363. The average Bonchev–Trinajstić information content (AvgIpc) is 3.03. The van der Waals surface area contributed by atoms with Gasteiger partial charge in [0.2, 0.25) is 0 Å². The van der Waals surface area contributed by atoms with E-state index in [4.69, 9.17) is 9.47 Å². The van der Waals surface area contributed by atoms with Crippen molar-refractivity contribution in [3.63, 3.8) is 0 Å².